The third kappa shape index (κ3) is 5.84. The molecule has 0 unspecified atom stereocenters. The fourth-order valence-corrected chi connectivity index (χ4v) is 0.301. The molecule has 0 amide bonds. The highest BCUT2D eigenvalue weighted by Crippen LogP contribution is 1.83. The van der Waals surface area contributed by atoms with Crippen molar-refractivity contribution in [3.05, 3.63) is 0 Å². The molecule has 1 nitrogen and oxygen atoms in total. The van der Waals surface area contributed by atoms with Crippen molar-refractivity contribution < 1.29 is 4.74 Å². The van der Waals surface area contributed by atoms with Crippen molar-refractivity contribution in [2.24, 2.45) is 0 Å². The Morgan fingerprint density at radius 3 is 2.62 bits per heavy atom. The number of alkyl halides is 1. The van der Waals surface area contributed by atoms with E-state index in [1.165, 1.54) is 0 Å². The molecule has 0 aromatic rings. The Balaban J connectivity index is 3.15. The first-order valence-corrected chi connectivity index (χ1v) is 3.59. The van der Waals surface area contributed by atoms with E-state index in [1.807, 2.05) is 13.8 Å². The fourth-order valence-electron chi connectivity index (χ4n) is 0.187. The molecule has 0 fully saturated rings. The van der Waals surface area contributed by atoms with Gasteiger partial charge in [0.1, 0.15) is 12.2 Å². The van der Waals surface area contributed by atoms with Gasteiger partial charge in [-0.05, 0) is 19.8 Å². The quantitative estimate of drug-likeness (QED) is 0.438. The van der Waals surface area contributed by atoms with Crippen LogP contribution in [0.3, 0.4) is 0 Å². The number of rotatable bonds is 1. The van der Waals surface area contributed by atoms with Crippen LogP contribution in [-0.4, -0.2) is 11.4 Å². The standard InChI is InChI=1S/C6H9BrO/c1-6(2)8-5-3-4-7/h6H,4H2,1-2H3. The second kappa shape index (κ2) is 4.99. The van der Waals surface area contributed by atoms with E-state index in [1.54, 1.807) is 0 Å². The molecule has 0 saturated heterocycles. The second-order valence-corrected chi connectivity index (χ2v) is 2.14. The van der Waals surface area contributed by atoms with Gasteiger partial charge in [-0.1, -0.05) is 15.9 Å². The summed E-state index contributed by atoms with van der Waals surface area (Å²) in [5.74, 6) is 2.72. The monoisotopic (exact) mass is 176 g/mol. The van der Waals surface area contributed by atoms with E-state index in [9.17, 15) is 0 Å². The predicted molar refractivity (Wildman–Crippen MR) is 37.8 cm³/mol. The maximum atomic E-state index is 4.89. The summed E-state index contributed by atoms with van der Waals surface area (Å²) in [5, 5.41) is 0.680. The molecule has 0 spiro atoms. The molecular formula is C6H9BrO. The molecule has 0 atom stereocenters. The molecule has 2 heteroatoms. The Labute approximate surface area is 58.5 Å². The molecular weight excluding hydrogens is 168 g/mol. The molecule has 0 saturated carbocycles. The molecule has 0 aliphatic heterocycles. The van der Waals surface area contributed by atoms with Crippen LogP contribution in [-0.2, 0) is 4.74 Å². The van der Waals surface area contributed by atoms with Gasteiger partial charge in [-0.25, -0.2) is 0 Å². The number of ether oxygens (including phenoxy) is 1. The lowest BCUT2D eigenvalue weighted by Gasteiger charge is -1.96. The van der Waals surface area contributed by atoms with Gasteiger partial charge in [0.2, 0.25) is 0 Å². The van der Waals surface area contributed by atoms with Gasteiger partial charge in [0.25, 0.3) is 0 Å². The van der Waals surface area contributed by atoms with Crippen LogP contribution in [0.15, 0.2) is 0 Å². The van der Waals surface area contributed by atoms with Gasteiger partial charge in [0.15, 0.2) is 0 Å². The highest BCUT2D eigenvalue weighted by atomic mass is 79.9. The van der Waals surface area contributed by atoms with Crippen molar-refractivity contribution in [2.75, 3.05) is 5.33 Å². The summed E-state index contributed by atoms with van der Waals surface area (Å²) in [5.41, 5.74) is 0. The number of halogens is 1. The average Bonchev–Trinajstić information content (AvgIpc) is 1.66. The molecule has 0 aromatic heterocycles. The zero-order valence-corrected chi connectivity index (χ0v) is 6.66. The summed E-state index contributed by atoms with van der Waals surface area (Å²) in [6.07, 6.45) is 2.75. The fraction of sp³-hybridized carbons (Fsp3) is 0.667. The van der Waals surface area contributed by atoms with Gasteiger partial charge in [-0.2, -0.15) is 0 Å². The van der Waals surface area contributed by atoms with E-state index in [-0.39, 0.29) is 6.10 Å². The zero-order valence-electron chi connectivity index (χ0n) is 5.07. The minimum Gasteiger partial charge on any atom is -0.444 e. The normalized spacial score (nSPS) is 8.00. The smallest absolute Gasteiger partial charge is 0.111 e. The summed E-state index contributed by atoms with van der Waals surface area (Å²) < 4.78 is 4.89. The second-order valence-electron chi connectivity index (χ2n) is 1.58. The molecule has 0 N–H and O–H groups in total. The van der Waals surface area contributed by atoms with Crippen LogP contribution in [0.25, 0.3) is 0 Å². The molecule has 0 aliphatic carbocycles. The van der Waals surface area contributed by atoms with Crippen LogP contribution in [0.1, 0.15) is 13.8 Å². The van der Waals surface area contributed by atoms with Crippen LogP contribution in [0.2, 0.25) is 0 Å². The van der Waals surface area contributed by atoms with Gasteiger partial charge in [-0.3, -0.25) is 0 Å². The topological polar surface area (TPSA) is 9.23 Å². The third-order valence-corrected chi connectivity index (χ3v) is 0.714. The summed E-state index contributed by atoms with van der Waals surface area (Å²) >= 11 is 3.15. The molecule has 0 aromatic carbocycles. The lowest BCUT2D eigenvalue weighted by molar-refractivity contribution is 0.204. The minimum atomic E-state index is 0.210. The Hall–Kier alpha value is -0.160. The first kappa shape index (κ1) is 7.84. The Morgan fingerprint density at radius 2 is 2.25 bits per heavy atom. The summed E-state index contributed by atoms with van der Waals surface area (Å²) in [7, 11) is 0. The molecule has 0 rings (SSSR count). The van der Waals surface area contributed by atoms with E-state index in [4.69, 9.17) is 4.74 Å². The Bertz CT molecular complexity index is 98.8. The van der Waals surface area contributed by atoms with Gasteiger partial charge in [-0.15, -0.1) is 0 Å². The van der Waals surface area contributed by atoms with Crippen LogP contribution in [0.4, 0.5) is 0 Å². The average molecular weight is 177 g/mol. The first-order chi connectivity index (χ1) is 3.77. The predicted octanol–water partition coefficient (Wildman–Crippen LogP) is 1.77. The molecule has 0 radical (unpaired) electrons. The van der Waals surface area contributed by atoms with Crippen molar-refractivity contribution in [1.82, 2.24) is 0 Å². The molecule has 0 bridgehead atoms. The molecule has 0 heterocycles. The Morgan fingerprint density at radius 1 is 1.62 bits per heavy atom. The van der Waals surface area contributed by atoms with Gasteiger partial charge in [0, 0.05) is 0 Å². The molecule has 8 heavy (non-hydrogen) atoms. The zero-order chi connectivity index (χ0) is 6.41. The van der Waals surface area contributed by atoms with Crippen molar-refractivity contribution in [1.29, 1.82) is 0 Å². The van der Waals surface area contributed by atoms with Crippen molar-refractivity contribution in [3.8, 4) is 12.0 Å². The van der Waals surface area contributed by atoms with Crippen LogP contribution >= 0.6 is 15.9 Å². The number of hydrogen-bond acceptors (Lipinski definition) is 1. The maximum Gasteiger partial charge on any atom is 0.111 e. The Kier molecular flexibility index (Phi) is 4.89. The van der Waals surface area contributed by atoms with Gasteiger partial charge < -0.3 is 4.74 Å². The van der Waals surface area contributed by atoms with Gasteiger partial charge >= 0.3 is 0 Å². The third-order valence-electron chi connectivity index (χ3n) is 0.434. The van der Waals surface area contributed by atoms with Crippen molar-refractivity contribution in [2.45, 2.75) is 20.0 Å². The van der Waals surface area contributed by atoms with Crippen molar-refractivity contribution >= 4 is 15.9 Å². The SMILES string of the molecule is CC(C)OC#CCBr. The van der Waals surface area contributed by atoms with Crippen LogP contribution in [0.5, 0.6) is 0 Å². The summed E-state index contributed by atoms with van der Waals surface area (Å²) in [4.78, 5) is 0. The highest BCUT2D eigenvalue weighted by Gasteiger charge is 1.83. The molecule has 46 valence electrons. The van der Waals surface area contributed by atoms with E-state index in [2.05, 4.69) is 28.0 Å². The summed E-state index contributed by atoms with van der Waals surface area (Å²) in [6, 6.07) is 0. The molecule has 0 aliphatic rings. The highest BCUT2D eigenvalue weighted by molar-refractivity contribution is 9.09. The van der Waals surface area contributed by atoms with Gasteiger partial charge in [0.05, 0.1) is 5.33 Å². The van der Waals surface area contributed by atoms with E-state index in [0.29, 0.717) is 5.33 Å². The van der Waals surface area contributed by atoms with E-state index < -0.39 is 0 Å². The lowest BCUT2D eigenvalue weighted by Crippen LogP contribution is -1.94. The van der Waals surface area contributed by atoms with Crippen LogP contribution in [0, 0.1) is 12.0 Å². The minimum absolute atomic E-state index is 0.210. The van der Waals surface area contributed by atoms with E-state index in [0.717, 1.165) is 0 Å². The van der Waals surface area contributed by atoms with Crippen molar-refractivity contribution in [3.63, 3.8) is 0 Å². The summed E-state index contributed by atoms with van der Waals surface area (Å²) in [6.45, 7) is 3.89. The first-order valence-electron chi connectivity index (χ1n) is 2.47. The van der Waals surface area contributed by atoms with Crippen LogP contribution < -0.4 is 0 Å². The largest absolute Gasteiger partial charge is 0.444 e. The van der Waals surface area contributed by atoms with E-state index >= 15 is 0 Å². The number of hydrogen-bond donors (Lipinski definition) is 0. The lowest BCUT2D eigenvalue weighted by atomic mass is 10.5. The maximum absolute atomic E-state index is 4.89.